The van der Waals surface area contributed by atoms with E-state index in [4.69, 9.17) is 21.7 Å². The molecule has 0 spiro atoms. The Morgan fingerprint density at radius 3 is 2.50 bits per heavy atom. The fourth-order valence-corrected chi connectivity index (χ4v) is 3.59. The van der Waals surface area contributed by atoms with Crippen LogP contribution in [0.5, 0.6) is 11.5 Å². The van der Waals surface area contributed by atoms with E-state index in [0.717, 1.165) is 10.0 Å². The molecule has 1 saturated heterocycles. The minimum atomic E-state index is -0.557. The summed E-state index contributed by atoms with van der Waals surface area (Å²) in [6.45, 7) is 1.86. The van der Waals surface area contributed by atoms with Crippen LogP contribution in [0.1, 0.15) is 11.1 Å². The number of carbonyl (C=O) groups excluding carboxylic acids is 2. The summed E-state index contributed by atoms with van der Waals surface area (Å²) < 4.78 is 11.4. The van der Waals surface area contributed by atoms with Crippen LogP contribution in [0.25, 0.3) is 6.08 Å². The Morgan fingerprint density at radius 1 is 1.11 bits per heavy atom. The molecule has 8 heteroatoms. The van der Waals surface area contributed by atoms with Gasteiger partial charge in [0.2, 0.25) is 0 Å². The SMILES string of the molecule is COc1ccc(/C=C2\C(=O)NC(=S)N(c3ccc(Br)cc3C)C2=O)c(OC)c1. The van der Waals surface area contributed by atoms with Gasteiger partial charge in [0, 0.05) is 16.1 Å². The number of benzene rings is 2. The van der Waals surface area contributed by atoms with Crippen LogP contribution in [-0.2, 0) is 9.59 Å². The van der Waals surface area contributed by atoms with Crippen LogP contribution < -0.4 is 19.7 Å². The molecule has 0 aliphatic carbocycles. The lowest BCUT2D eigenvalue weighted by molar-refractivity contribution is -0.122. The molecule has 0 atom stereocenters. The molecule has 28 heavy (non-hydrogen) atoms. The molecule has 1 heterocycles. The number of anilines is 1. The molecule has 0 radical (unpaired) electrons. The summed E-state index contributed by atoms with van der Waals surface area (Å²) >= 11 is 8.65. The van der Waals surface area contributed by atoms with Gasteiger partial charge in [0.15, 0.2) is 5.11 Å². The molecule has 1 N–H and O–H groups in total. The maximum atomic E-state index is 13.1. The van der Waals surface area contributed by atoms with Crippen LogP contribution in [0.2, 0.25) is 0 Å². The highest BCUT2D eigenvalue weighted by atomic mass is 79.9. The standard InChI is InChI=1S/C20H17BrN2O4S/c1-11-8-13(21)5-7-16(11)23-19(25)15(18(24)22-20(23)28)9-12-4-6-14(26-2)10-17(12)27-3/h4-10H,1-3H3,(H,22,24,28)/b15-9+. The third kappa shape index (κ3) is 3.79. The Morgan fingerprint density at radius 2 is 1.86 bits per heavy atom. The van der Waals surface area contributed by atoms with Crippen LogP contribution >= 0.6 is 28.1 Å². The summed E-state index contributed by atoms with van der Waals surface area (Å²) in [4.78, 5) is 26.9. The molecule has 0 aromatic heterocycles. The van der Waals surface area contributed by atoms with Gasteiger partial charge in [0.05, 0.1) is 19.9 Å². The van der Waals surface area contributed by atoms with Crippen molar-refractivity contribution in [1.82, 2.24) is 5.32 Å². The summed E-state index contributed by atoms with van der Waals surface area (Å²) in [6, 6.07) is 10.6. The summed E-state index contributed by atoms with van der Waals surface area (Å²) in [5, 5.41) is 2.62. The van der Waals surface area contributed by atoms with Crippen molar-refractivity contribution in [2.75, 3.05) is 19.1 Å². The molecule has 144 valence electrons. The van der Waals surface area contributed by atoms with Gasteiger partial charge in [-0.1, -0.05) is 15.9 Å². The predicted octanol–water partition coefficient (Wildman–Crippen LogP) is 3.61. The number of hydrogen-bond donors (Lipinski definition) is 1. The number of amides is 2. The molecular weight excluding hydrogens is 444 g/mol. The average molecular weight is 461 g/mol. The van der Waals surface area contributed by atoms with E-state index in [2.05, 4.69) is 21.2 Å². The van der Waals surface area contributed by atoms with Crippen LogP contribution in [0, 0.1) is 6.92 Å². The molecule has 1 fully saturated rings. The topological polar surface area (TPSA) is 67.9 Å². The Balaban J connectivity index is 2.06. The second kappa shape index (κ2) is 8.12. The summed E-state index contributed by atoms with van der Waals surface area (Å²) in [7, 11) is 3.05. The highest BCUT2D eigenvalue weighted by Crippen LogP contribution is 2.30. The number of thiocarbonyl (C=S) groups is 1. The number of nitrogens with one attached hydrogen (secondary N) is 1. The quantitative estimate of drug-likeness (QED) is 0.428. The summed E-state index contributed by atoms with van der Waals surface area (Å²) in [5.41, 5.74) is 1.97. The monoisotopic (exact) mass is 460 g/mol. The van der Waals surface area contributed by atoms with Gasteiger partial charge in [-0.2, -0.15) is 0 Å². The largest absolute Gasteiger partial charge is 0.497 e. The van der Waals surface area contributed by atoms with E-state index in [0.29, 0.717) is 22.7 Å². The number of halogens is 1. The normalized spacial score (nSPS) is 15.6. The zero-order valence-corrected chi connectivity index (χ0v) is 17.8. The summed E-state index contributed by atoms with van der Waals surface area (Å²) in [6.07, 6.45) is 1.49. The fraction of sp³-hybridized carbons (Fsp3) is 0.150. The van der Waals surface area contributed by atoms with Crippen molar-refractivity contribution in [2.24, 2.45) is 0 Å². The van der Waals surface area contributed by atoms with E-state index in [1.54, 1.807) is 31.4 Å². The molecule has 2 aromatic rings. The number of aryl methyl sites for hydroxylation is 1. The molecule has 0 unspecified atom stereocenters. The van der Waals surface area contributed by atoms with Crippen molar-refractivity contribution >= 4 is 56.8 Å². The third-order valence-corrected chi connectivity index (χ3v) is 5.02. The maximum Gasteiger partial charge on any atom is 0.270 e. The number of ether oxygens (including phenoxy) is 2. The molecule has 1 aliphatic rings. The third-order valence-electron chi connectivity index (χ3n) is 4.24. The van der Waals surface area contributed by atoms with Gasteiger partial charge in [-0.05, 0) is 61.1 Å². The van der Waals surface area contributed by atoms with Gasteiger partial charge < -0.3 is 9.47 Å². The van der Waals surface area contributed by atoms with Crippen molar-refractivity contribution in [1.29, 1.82) is 0 Å². The number of hydrogen-bond acceptors (Lipinski definition) is 5. The molecule has 2 amide bonds. The minimum absolute atomic E-state index is 0.0410. The van der Waals surface area contributed by atoms with Gasteiger partial charge in [0.1, 0.15) is 17.1 Å². The van der Waals surface area contributed by atoms with E-state index in [1.807, 2.05) is 19.1 Å². The first kappa shape index (κ1) is 20.0. The van der Waals surface area contributed by atoms with Gasteiger partial charge in [-0.25, -0.2) is 0 Å². The molecule has 0 saturated carbocycles. The van der Waals surface area contributed by atoms with Gasteiger partial charge in [-0.15, -0.1) is 0 Å². The second-order valence-electron chi connectivity index (χ2n) is 6.00. The molecule has 6 nitrogen and oxygen atoms in total. The van der Waals surface area contributed by atoms with E-state index < -0.39 is 11.8 Å². The molecule has 0 bridgehead atoms. The first-order valence-corrected chi connectivity index (χ1v) is 9.45. The first-order chi connectivity index (χ1) is 13.3. The van der Waals surface area contributed by atoms with Crippen molar-refractivity contribution in [3.05, 3.63) is 57.6 Å². The highest BCUT2D eigenvalue weighted by Gasteiger charge is 2.35. The second-order valence-corrected chi connectivity index (χ2v) is 7.30. The summed E-state index contributed by atoms with van der Waals surface area (Å²) in [5.74, 6) is 0.0228. The van der Waals surface area contributed by atoms with E-state index in [1.165, 1.54) is 18.1 Å². The van der Waals surface area contributed by atoms with Gasteiger partial charge in [-0.3, -0.25) is 19.8 Å². The van der Waals surface area contributed by atoms with E-state index >= 15 is 0 Å². The number of nitrogens with zero attached hydrogens (tertiary/aromatic N) is 1. The van der Waals surface area contributed by atoms with E-state index in [9.17, 15) is 9.59 Å². The number of methoxy groups -OCH3 is 2. The average Bonchev–Trinajstić information content (AvgIpc) is 2.66. The zero-order chi connectivity index (χ0) is 20.4. The Kier molecular flexibility index (Phi) is 5.81. The van der Waals surface area contributed by atoms with Gasteiger partial charge >= 0.3 is 0 Å². The van der Waals surface area contributed by atoms with Crippen molar-refractivity contribution < 1.29 is 19.1 Å². The number of carbonyl (C=O) groups is 2. The lowest BCUT2D eigenvalue weighted by Crippen LogP contribution is -2.54. The van der Waals surface area contributed by atoms with Crippen LogP contribution in [-0.4, -0.2) is 31.1 Å². The van der Waals surface area contributed by atoms with Crippen molar-refractivity contribution in [3.8, 4) is 11.5 Å². The zero-order valence-electron chi connectivity index (χ0n) is 15.4. The Bertz CT molecular complexity index is 1020. The molecule has 1 aliphatic heterocycles. The smallest absolute Gasteiger partial charge is 0.270 e. The van der Waals surface area contributed by atoms with Crippen molar-refractivity contribution in [2.45, 2.75) is 6.92 Å². The highest BCUT2D eigenvalue weighted by molar-refractivity contribution is 9.10. The van der Waals surface area contributed by atoms with Crippen LogP contribution in [0.15, 0.2) is 46.4 Å². The maximum absolute atomic E-state index is 13.1. The predicted molar refractivity (Wildman–Crippen MR) is 115 cm³/mol. The van der Waals surface area contributed by atoms with E-state index in [-0.39, 0.29) is 10.7 Å². The van der Waals surface area contributed by atoms with Crippen LogP contribution in [0.3, 0.4) is 0 Å². The van der Waals surface area contributed by atoms with Crippen LogP contribution in [0.4, 0.5) is 5.69 Å². The van der Waals surface area contributed by atoms with Crippen molar-refractivity contribution in [3.63, 3.8) is 0 Å². The Labute approximate surface area is 176 Å². The molecule has 3 rings (SSSR count). The lowest BCUT2D eigenvalue weighted by atomic mass is 10.0. The fourth-order valence-electron chi connectivity index (χ4n) is 2.84. The van der Waals surface area contributed by atoms with Gasteiger partial charge in [0.25, 0.3) is 11.8 Å². The first-order valence-electron chi connectivity index (χ1n) is 8.25. The number of rotatable bonds is 4. The molecular formula is C20H17BrN2O4S. The lowest BCUT2D eigenvalue weighted by Gasteiger charge is -2.30. The minimum Gasteiger partial charge on any atom is -0.497 e. The Hall–Kier alpha value is -2.71. The molecule has 2 aromatic carbocycles.